The molecule has 9 aromatic rings. The zero-order valence-corrected chi connectivity index (χ0v) is 21.8. The summed E-state index contributed by atoms with van der Waals surface area (Å²) in [6, 6.07) is 39.7. The van der Waals surface area contributed by atoms with E-state index in [0.717, 1.165) is 60.9 Å². The highest BCUT2D eigenvalue weighted by atomic mass is 16.3. The van der Waals surface area contributed by atoms with E-state index in [2.05, 4.69) is 76.6 Å². The van der Waals surface area contributed by atoms with Gasteiger partial charge in [-0.25, -0.2) is 9.97 Å². The van der Waals surface area contributed by atoms with Crippen LogP contribution in [-0.4, -0.2) is 9.97 Å². The maximum atomic E-state index is 6.28. The van der Waals surface area contributed by atoms with Crippen LogP contribution in [0.15, 0.2) is 136 Å². The fourth-order valence-electron chi connectivity index (χ4n) is 6.15. The van der Waals surface area contributed by atoms with Gasteiger partial charge in [0.25, 0.3) is 0 Å². The van der Waals surface area contributed by atoms with Crippen molar-refractivity contribution in [2.75, 3.05) is 4.90 Å². The first kappa shape index (κ1) is 22.2. The van der Waals surface area contributed by atoms with Crippen LogP contribution < -0.4 is 4.90 Å². The lowest BCUT2D eigenvalue weighted by Gasteiger charge is -2.26. The average molecular weight is 528 g/mol. The number of rotatable bonds is 3. The van der Waals surface area contributed by atoms with Gasteiger partial charge >= 0.3 is 0 Å². The van der Waals surface area contributed by atoms with Crippen molar-refractivity contribution in [3.8, 4) is 0 Å². The number of hydrogen-bond donors (Lipinski definition) is 0. The highest BCUT2D eigenvalue weighted by molar-refractivity contribution is 6.17. The molecule has 0 aliphatic rings. The quantitative estimate of drug-likeness (QED) is 0.214. The fourth-order valence-corrected chi connectivity index (χ4v) is 6.15. The molecule has 0 bridgehead atoms. The number of anilines is 3. The van der Waals surface area contributed by atoms with E-state index in [0.29, 0.717) is 5.71 Å². The molecule has 0 saturated carbocycles. The van der Waals surface area contributed by atoms with Crippen LogP contribution in [0, 0.1) is 0 Å². The van der Waals surface area contributed by atoms with E-state index >= 15 is 0 Å². The Morgan fingerprint density at radius 3 is 2.05 bits per heavy atom. The predicted octanol–water partition coefficient (Wildman–Crippen LogP) is 10.1. The van der Waals surface area contributed by atoms with Crippen molar-refractivity contribution < 1.29 is 8.83 Å². The lowest BCUT2D eigenvalue weighted by molar-refractivity contribution is 0.654. The molecule has 5 heteroatoms. The second-order valence-corrected chi connectivity index (χ2v) is 10.2. The third-order valence-corrected chi connectivity index (χ3v) is 7.97. The molecule has 0 aliphatic heterocycles. The van der Waals surface area contributed by atoms with Crippen molar-refractivity contribution in [3.63, 3.8) is 0 Å². The number of nitrogens with zero attached hydrogens (tertiary/aromatic N) is 3. The minimum absolute atomic E-state index is 0.588. The molecule has 0 spiro atoms. The monoisotopic (exact) mass is 527 g/mol. The van der Waals surface area contributed by atoms with E-state index in [1.807, 2.05) is 54.7 Å². The average Bonchev–Trinajstić information content (AvgIpc) is 3.60. The molecule has 9 rings (SSSR count). The Labute approximate surface area is 233 Å². The zero-order chi connectivity index (χ0) is 26.9. The molecule has 0 aliphatic carbocycles. The largest absolute Gasteiger partial charge is 0.456 e. The van der Waals surface area contributed by atoms with Crippen LogP contribution in [0.3, 0.4) is 0 Å². The topological polar surface area (TPSA) is 55.3 Å². The van der Waals surface area contributed by atoms with E-state index in [4.69, 9.17) is 13.8 Å². The Hall–Kier alpha value is -5.68. The minimum atomic E-state index is 0.588. The van der Waals surface area contributed by atoms with Gasteiger partial charge in [0.15, 0.2) is 0 Å². The smallest absolute Gasteiger partial charge is 0.229 e. The van der Waals surface area contributed by atoms with Crippen LogP contribution in [0.25, 0.3) is 65.6 Å². The molecule has 4 heterocycles. The zero-order valence-electron chi connectivity index (χ0n) is 21.8. The summed E-state index contributed by atoms with van der Waals surface area (Å²) in [5.74, 6) is 0.783. The number of aromatic nitrogens is 2. The Bertz CT molecular complexity index is 2340. The van der Waals surface area contributed by atoms with Gasteiger partial charge in [0, 0.05) is 28.9 Å². The van der Waals surface area contributed by atoms with Gasteiger partial charge in [-0.2, -0.15) is 0 Å². The molecule has 0 atom stereocenters. The molecule has 5 nitrogen and oxygen atoms in total. The van der Waals surface area contributed by atoms with Gasteiger partial charge in [-0.15, -0.1) is 0 Å². The number of para-hydroxylation sites is 2. The molecular weight excluding hydrogens is 506 g/mol. The molecule has 0 unspecified atom stereocenters. The second kappa shape index (κ2) is 8.41. The lowest BCUT2D eigenvalue weighted by atomic mass is 10.0. The molecule has 0 saturated heterocycles. The maximum Gasteiger partial charge on any atom is 0.229 e. The second-order valence-electron chi connectivity index (χ2n) is 10.2. The van der Waals surface area contributed by atoms with E-state index in [1.54, 1.807) is 6.20 Å². The molecule has 0 fully saturated rings. The molecule has 0 N–H and O–H groups in total. The van der Waals surface area contributed by atoms with Crippen LogP contribution in [0.1, 0.15) is 0 Å². The highest BCUT2D eigenvalue weighted by Gasteiger charge is 2.24. The molecule has 0 radical (unpaired) electrons. The molecule has 0 amide bonds. The SMILES string of the molecule is c1ccc2c(c1)ccc1cc(N(c3nccc4oc5ccccc5c34)c3ccnc4oc5ccccc5c34)ccc12. The molecule has 5 aromatic carbocycles. The summed E-state index contributed by atoms with van der Waals surface area (Å²) in [6.07, 6.45) is 3.61. The van der Waals surface area contributed by atoms with E-state index in [1.165, 1.54) is 16.2 Å². The van der Waals surface area contributed by atoms with Gasteiger partial charge in [0.2, 0.25) is 5.71 Å². The van der Waals surface area contributed by atoms with E-state index in [-0.39, 0.29) is 0 Å². The van der Waals surface area contributed by atoms with Crippen molar-refractivity contribution in [2.24, 2.45) is 0 Å². The third-order valence-electron chi connectivity index (χ3n) is 7.97. The molecule has 192 valence electrons. The summed E-state index contributed by atoms with van der Waals surface area (Å²) in [5, 5.41) is 8.74. The first-order valence-electron chi connectivity index (χ1n) is 13.6. The van der Waals surface area contributed by atoms with Gasteiger partial charge in [0.1, 0.15) is 22.6 Å². The van der Waals surface area contributed by atoms with Crippen molar-refractivity contribution in [1.29, 1.82) is 0 Å². The van der Waals surface area contributed by atoms with Crippen LogP contribution >= 0.6 is 0 Å². The van der Waals surface area contributed by atoms with Crippen LogP contribution in [-0.2, 0) is 0 Å². The van der Waals surface area contributed by atoms with Gasteiger partial charge in [-0.05, 0) is 57.9 Å². The summed E-state index contributed by atoms with van der Waals surface area (Å²) in [4.78, 5) is 11.8. The van der Waals surface area contributed by atoms with Crippen molar-refractivity contribution in [3.05, 3.63) is 128 Å². The third kappa shape index (κ3) is 3.23. The summed E-state index contributed by atoms with van der Waals surface area (Å²) >= 11 is 0. The van der Waals surface area contributed by atoms with Gasteiger partial charge in [0.05, 0.1) is 16.5 Å². The molecular formula is C36H21N3O2. The maximum absolute atomic E-state index is 6.28. The number of benzene rings is 5. The predicted molar refractivity (Wildman–Crippen MR) is 166 cm³/mol. The Morgan fingerprint density at radius 1 is 0.488 bits per heavy atom. The Morgan fingerprint density at radius 2 is 1.17 bits per heavy atom. The van der Waals surface area contributed by atoms with Crippen LogP contribution in [0.4, 0.5) is 17.2 Å². The van der Waals surface area contributed by atoms with Crippen molar-refractivity contribution >= 4 is 82.7 Å². The first-order chi connectivity index (χ1) is 20.3. The molecule has 41 heavy (non-hydrogen) atoms. The number of fused-ring (bicyclic) bond motifs is 9. The number of pyridine rings is 2. The van der Waals surface area contributed by atoms with Crippen LogP contribution in [0.2, 0.25) is 0 Å². The normalized spacial score (nSPS) is 11.9. The number of furan rings is 2. The van der Waals surface area contributed by atoms with Crippen LogP contribution in [0.5, 0.6) is 0 Å². The van der Waals surface area contributed by atoms with Gasteiger partial charge in [-0.3, -0.25) is 4.90 Å². The van der Waals surface area contributed by atoms with E-state index < -0.39 is 0 Å². The minimum Gasteiger partial charge on any atom is -0.456 e. The molecule has 4 aromatic heterocycles. The highest BCUT2D eigenvalue weighted by Crippen LogP contribution is 2.46. The van der Waals surface area contributed by atoms with E-state index in [9.17, 15) is 0 Å². The number of hydrogen-bond acceptors (Lipinski definition) is 5. The van der Waals surface area contributed by atoms with Crippen molar-refractivity contribution in [2.45, 2.75) is 0 Å². The lowest BCUT2D eigenvalue weighted by Crippen LogP contribution is -2.12. The summed E-state index contributed by atoms with van der Waals surface area (Å²) in [6.45, 7) is 0. The first-order valence-corrected chi connectivity index (χ1v) is 13.6. The Balaban J connectivity index is 1.40. The van der Waals surface area contributed by atoms with Gasteiger partial charge < -0.3 is 8.83 Å². The summed E-state index contributed by atoms with van der Waals surface area (Å²) < 4.78 is 12.5. The Kier molecular flexibility index (Phi) is 4.55. The standard InChI is InChI=1S/C36H21N3O2/c1-2-8-25-22(7-1)13-14-23-21-24(15-16-26(23)25)39(29-17-19-38-36-33(29)27-9-3-6-12-31(27)41-36)35-34-28-10-4-5-11-30(28)40-32(34)18-20-37-35/h1-21H. The van der Waals surface area contributed by atoms with Gasteiger partial charge in [-0.1, -0.05) is 78.9 Å². The summed E-state index contributed by atoms with van der Waals surface area (Å²) in [5.41, 5.74) is 4.92. The fraction of sp³-hybridized carbons (Fsp3) is 0. The summed E-state index contributed by atoms with van der Waals surface area (Å²) in [7, 11) is 0. The van der Waals surface area contributed by atoms with Crippen molar-refractivity contribution in [1.82, 2.24) is 9.97 Å².